The van der Waals surface area contributed by atoms with Gasteiger partial charge in [0.1, 0.15) is 28.1 Å². The number of thiophene rings is 1. The van der Waals surface area contributed by atoms with Crippen molar-refractivity contribution < 1.29 is 0 Å². The Morgan fingerprint density at radius 1 is 1.42 bits per heavy atom. The fraction of sp³-hybridized carbons (Fsp3) is 0.267. The summed E-state index contributed by atoms with van der Waals surface area (Å²) in [6, 6.07) is 1.91. The number of nitriles is 1. The number of H-pyrrole nitrogens is 1. The zero-order valence-electron chi connectivity index (χ0n) is 13.2. The molecule has 3 aromatic heterocycles. The molecule has 122 valence electrons. The zero-order chi connectivity index (χ0) is 17.3. The molecular formula is C15H15N7OS. The highest BCUT2D eigenvalue weighted by atomic mass is 32.1. The van der Waals surface area contributed by atoms with Crippen LogP contribution in [-0.2, 0) is 6.42 Å². The van der Waals surface area contributed by atoms with Crippen LogP contribution in [0.25, 0.3) is 10.2 Å². The van der Waals surface area contributed by atoms with Crippen molar-refractivity contribution in [2.24, 2.45) is 0 Å². The Morgan fingerprint density at radius 3 is 2.92 bits per heavy atom. The van der Waals surface area contributed by atoms with E-state index in [1.54, 1.807) is 0 Å². The van der Waals surface area contributed by atoms with Crippen LogP contribution in [0.2, 0.25) is 0 Å². The number of hydrogen-bond acceptors (Lipinski definition) is 8. The van der Waals surface area contributed by atoms with Crippen molar-refractivity contribution in [3.8, 4) is 6.07 Å². The largest absolute Gasteiger partial charge is 0.382 e. The van der Waals surface area contributed by atoms with Crippen LogP contribution in [0.15, 0.2) is 11.0 Å². The van der Waals surface area contributed by atoms with E-state index in [4.69, 9.17) is 11.0 Å². The standard InChI is InChI=1S/C15H15N7OS/c1-7-8(2)24-14-11(7)13(23)20-10(21-14)3-4-18-15-19-6-9(5-16)12(17)22-15/h6H,3-4H2,1-2H3,(H,20,21,23)(H3,17,18,19,22). The van der Waals surface area contributed by atoms with Gasteiger partial charge in [0.2, 0.25) is 5.95 Å². The van der Waals surface area contributed by atoms with Gasteiger partial charge in [0.05, 0.1) is 11.6 Å². The molecule has 0 fully saturated rings. The highest BCUT2D eigenvalue weighted by Gasteiger charge is 2.11. The minimum absolute atomic E-state index is 0.115. The number of nitrogens with two attached hydrogens (primary N) is 1. The summed E-state index contributed by atoms with van der Waals surface area (Å²) in [5.74, 6) is 1.06. The monoisotopic (exact) mass is 341 g/mol. The summed E-state index contributed by atoms with van der Waals surface area (Å²) in [7, 11) is 0. The molecule has 0 unspecified atom stereocenters. The third kappa shape index (κ3) is 2.91. The van der Waals surface area contributed by atoms with E-state index < -0.39 is 0 Å². The number of nitrogens with one attached hydrogen (secondary N) is 2. The Bertz CT molecular complexity index is 1020. The second-order valence-corrected chi connectivity index (χ2v) is 6.46. The number of nitrogen functional groups attached to an aromatic ring is 1. The van der Waals surface area contributed by atoms with Crippen LogP contribution in [0.4, 0.5) is 11.8 Å². The van der Waals surface area contributed by atoms with Gasteiger partial charge in [-0.3, -0.25) is 4.79 Å². The van der Waals surface area contributed by atoms with Crippen molar-refractivity contribution in [3.63, 3.8) is 0 Å². The van der Waals surface area contributed by atoms with E-state index in [0.717, 1.165) is 15.3 Å². The summed E-state index contributed by atoms with van der Waals surface area (Å²) >= 11 is 1.52. The van der Waals surface area contributed by atoms with Gasteiger partial charge in [0, 0.05) is 17.8 Å². The molecule has 0 saturated heterocycles. The molecule has 0 aromatic carbocycles. The van der Waals surface area contributed by atoms with E-state index in [-0.39, 0.29) is 16.9 Å². The van der Waals surface area contributed by atoms with Crippen LogP contribution in [0.1, 0.15) is 21.8 Å². The maximum Gasteiger partial charge on any atom is 0.259 e. The molecule has 3 heterocycles. The molecule has 0 amide bonds. The van der Waals surface area contributed by atoms with E-state index in [0.29, 0.717) is 30.1 Å². The highest BCUT2D eigenvalue weighted by molar-refractivity contribution is 7.18. The predicted octanol–water partition coefficient (Wildman–Crippen LogP) is 1.50. The predicted molar refractivity (Wildman–Crippen MR) is 93.1 cm³/mol. The summed E-state index contributed by atoms with van der Waals surface area (Å²) < 4.78 is 0. The second-order valence-electron chi connectivity index (χ2n) is 5.26. The van der Waals surface area contributed by atoms with Gasteiger partial charge >= 0.3 is 0 Å². The number of rotatable bonds is 4. The van der Waals surface area contributed by atoms with Crippen LogP contribution in [-0.4, -0.2) is 26.5 Å². The van der Waals surface area contributed by atoms with Crippen molar-refractivity contribution in [1.29, 1.82) is 5.26 Å². The van der Waals surface area contributed by atoms with Gasteiger partial charge in [0.25, 0.3) is 5.56 Å². The lowest BCUT2D eigenvalue weighted by molar-refractivity contribution is 0.889. The Balaban J connectivity index is 1.73. The van der Waals surface area contributed by atoms with Crippen molar-refractivity contribution in [2.75, 3.05) is 17.6 Å². The molecule has 9 heteroatoms. The fourth-order valence-electron chi connectivity index (χ4n) is 2.28. The lowest BCUT2D eigenvalue weighted by Gasteiger charge is -2.05. The Hall–Kier alpha value is -2.99. The SMILES string of the molecule is Cc1sc2nc(CCNc3ncc(C#N)c(N)n3)[nH]c(=O)c2c1C. The number of hydrogen-bond donors (Lipinski definition) is 3. The van der Waals surface area contributed by atoms with Crippen molar-refractivity contribution in [3.05, 3.63) is 38.4 Å². The van der Waals surface area contributed by atoms with Crippen LogP contribution in [0, 0.1) is 25.2 Å². The first kappa shape index (κ1) is 15.9. The molecule has 24 heavy (non-hydrogen) atoms. The fourth-order valence-corrected chi connectivity index (χ4v) is 3.33. The van der Waals surface area contributed by atoms with Crippen molar-refractivity contribution in [2.45, 2.75) is 20.3 Å². The maximum atomic E-state index is 12.2. The molecule has 3 rings (SSSR count). The van der Waals surface area contributed by atoms with Gasteiger partial charge in [-0.05, 0) is 19.4 Å². The minimum atomic E-state index is -0.115. The summed E-state index contributed by atoms with van der Waals surface area (Å²) in [5, 5.41) is 12.5. The zero-order valence-corrected chi connectivity index (χ0v) is 14.0. The number of fused-ring (bicyclic) bond motifs is 1. The topological polar surface area (TPSA) is 133 Å². The van der Waals surface area contributed by atoms with Crippen LogP contribution >= 0.6 is 11.3 Å². The molecular weight excluding hydrogens is 326 g/mol. The summed E-state index contributed by atoms with van der Waals surface area (Å²) in [6.45, 7) is 4.39. The molecule has 3 aromatic rings. The molecule has 4 N–H and O–H groups in total. The van der Waals surface area contributed by atoms with Crippen molar-refractivity contribution in [1.82, 2.24) is 19.9 Å². The number of anilines is 2. The van der Waals surface area contributed by atoms with Gasteiger partial charge in [0.15, 0.2) is 0 Å². The quantitative estimate of drug-likeness (QED) is 0.654. The first-order chi connectivity index (χ1) is 11.5. The number of aromatic amines is 1. The Labute approximate surface area is 141 Å². The smallest absolute Gasteiger partial charge is 0.259 e. The summed E-state index contributed by atoms with van der Waals surface area (Å²) in [4.78, 5) is 29.4. The highest BCUT2D eigenvalue weighted by Crippen LogP contribution is 2.25. The van der Waals surface area contributed by atoms with E-state index in [1.807, 2.05) is 19.9 Å². The molecule has 0 aliphatic heterocycles. The van der Waals surface area contributed by atoms with Crippen LogP contribution < -0.4 is 16.6 Å². The normalized spacial score (nSPS) is 10.7. The average Bonchev–Trinajstić information content (AvgIpc) is 2.82. The molecule has 0 aliphatic rings. The summed E-state index contributed by atoms with van der Waals surface area (Å²) in [5.41, 5.74) is 6.74. The van der Waals surface area contributed by atoms with Gasteiger partial charge in [-0.1, -0.05) is 0 Å². The number of aromatic nitrogens is 4. The first-order valence-corrected chi connectivity index (χ1v) is 8.06. The third-order valence-electron chi connectivity index (χ3n) is 3.67. The number of aryl methyl sites for hydroxylation is 2. The lowest BCUT2D eigenvalue weighted by Crippen LogP contribution is -2.15. The van der Waals surface area contributed by atoms with Gasteiger partial charge in [-0.25, -0.2) is 9.97 Å². The second kappa shape index (κ2) is 6.25. The third-order valence-corrected chi connectivity index (χ3v) is 4.77. The summed E-state index contributed by atoms with van der Waals surface area (Å²) in [6.07, 6.45) is 1.87. The molecule has 0 spiro atoms. The van der Waals surface area contributed by atoms with Gasteiger partial charge in [-0.2, -0.15) is 10.2 Å². The van der Waals surface area contributed by atoms with E-state index >= 15 is 0 Å². The molecule has 0 bridgehead atoms. The Kier molecular flexibility index (Phi) is 4.14. The van der Waals surface area contributed by atoms with Gasteiger partial charge in [-0.15, -0.1) is 11.3 Å². The first-order valence-electron chi connectivity index (χ1n) is 7.25. The number of nitrogens with zero attached hydrogens (tertiary/aromatic N) is 4. The van der Waals surface area contributed by atoms with E-state index in [1.165, 1.54) is 17.5 Å². The molecule has 0 saturated carbocycles. The molecule has 0 radical (unpaired) electrons. The molecule has 0 aliphatic carbocycles. The average molecular weight is 341 g/mol. The van der Waals surface area contributed by atoms with Crippen LogP contribution in [0.3, 0.4) is 0 Å². The van der Waals surface area contributed by atoms with E-state index in [2.05, 4.69) is 25.3 Å². The molecule has 8 nitrogen and oxygen atoms in total. The minimum Gasteiger partial charge on any atom is -0.382 e. The van der Waals surface area contributed by atoms with Crippen molar-refractivity contribution >= 4 is 33.3 Å². The molecule has 0 atom stereocenters. The Morgan fingerprint density at radius 2 is 2.21 bits per heavy atom. The lowest BCUT2D eigenvalue weighted by atomic mass is 10.2. The van der Waals surface area contributed by atoms with E-state index in [9.17, 15) is 4.79 Å². The van der Waals surface area contributed by atoms with Gasteiger partial charge < -0.3 is 16.0 Å². The van der Waals surface area contributed by atoms with Crippen LogP contribution in [0.5, 0.6) is 0 Å². The maximum absolute atomic E-state index is 12.2.